The second kappa shape index (κ2) is 5.18. The Hall–Kier alpha value is -1.40. The molecule has 20 heavy (non-hydrogen) atoms. The van der Waals surface area contributed by atoms with Crippen molar-refractivity contribution in [2.24, 2.45) is 5.73 Å². The van der Waals surface area contributed by atoms with Crippen LogP contribution in [0, 0.1) is 5.82 Å². The number of amides is 1. The van der Waals surface area contributed by atoms with Crippen molar-refractivity contribution in [3.05, 3.63) is 49.9 Å². The van der Waals surface area contributed by atoms with E-state index in [4.69, 9.17) is 5.73 Å². The number of hydrogen-bond donors (Lipinski definition) is 1. The van der Waals surface area contributed by atoms with Gasteiger partial charge in [-0.1, -0.05) is 15.9 Å². The lowest BCUT2D eigenvalue weighted by Crippen LogP contribution is -2.32. The third kappa shape index (κ3) is 2.33. The minimum atomic E-state index is -0.735. The average Bonchev–Trinajstić information content (AvgIpc) is 2.84. The predicted octanol–water partition coefficient (Wildman–Crippen LogP) is 3.31. The summed E-state index contributed by atoms with van der Waals surface area (Å²) in [6, 6.07) is 5.09. The lowest BCUT2D eigenvalue weighted by Gasteiger charge is -2.30. The maximum atomic E-state index is 14.0. The van der Waals surface area contributed by atoms with E-state index in [1.165, 1.54) is 16.5 Å². The van der Waals surface area contributed by atoms with E-state index in [1.54, 1.807) is 17.4 Å². The van der Waals surface area contributed by atoms with Crippen molar-refractivity contribution in [2.45, 2.75) is 13.0 Å². The van der Waals surface area contributed by atoms with Crippen LogP contribution < -0.4 is 10.6 Å². The van der Waals surface area contributed by atoms with E-state index >= 15 is 0 Å². The number of primary amides is 1. The van der Waals surface area contributed by atoms with E-state index in [2.05, 4.69) is 27.4 Å². The Kier molecular flexibility index (Phi) is 3.52. The van der Waals surface area contributed by atoms with Crippen LogP contribution in [-0.4, -0.2) is 12.5 Å². The molecule has 0 radical (unpaired) electrons. The standard InChI is InChI=1S/C14H12BrFN2OS/c15-9-5-10(16)13(14(17)19)11(6-9)18-3-1-12-8(7-18)2-4-20-12/h2,4-6H,1,3,7H2,(H2,17,19). The minimum absolute atomic E-state index is 0.0353. The zero-order valence-corrected chi connectivity index (χ0v) is 12.9. The van der Waals surface area contributed by atoms with E-state index in [-0.39, 0.29) is 5.56 Å². The van der Waals surface area contributed by atoms with Gasteiger partial charge in [0.25, 0.3) is 5.91 Å². The molecule has 0 bridgehead atoms. The van der Waals surface area contributed by atoms with Gasteiger partial charge in [0, 0.05) is 22.4 Å². The summed E-state index contributed by atoms with van der Waals surface area (Å²) in [7, 11) is 0. The number of benzene rings is 1. The number of anilines is 1. The highest BCUT2D eigenvalue weighted by Gasteiger charge is 2.24. The van der Waals surface area contributed by atoms with Crippen molar-refractivity contribution < 1.29 is 9.18 Å². The van der Waals surface area contributed by atoms with Crippen molar-refractivity contribution in [3.8, 4) is 0 Å². The molecule has 2 heterocycles. The molecule has 1 aliphatic rings. The lowest BCUT2D eigenvalue weighted by atomic mass is 10.1. The molecular weight excluding hydrogens is 343 g/mol. The van der Waals surface area contributed by atoms with Crippen molar-refractivity contribution in [2.75, 3.05) is 11.4 Å². The van der Waals surface area contributed by atoms with Gasteiger partial charge in [0.05, 0.1) is 11.3 Å². The maximum absolute atomic E-state index is 14.0. The van der Waals surface area contributed by atoms with Gasteiger partial charge in [-0.3, -0.25) is 4.79 Å². The topological polar surface area (TPSA) is 46.3 Å². The number of nitrogens with two attached hydrogens (primary N) is 1. The molecule has 0 saturated carbocycles. The van der Waals surface area contributed by atoms with Gasteiger partial charge in [-0.15, -0.1) is 11.3 Å². The molecule has 104 valence electrons. The molecule has 1 aromatic heterocycles. The van der Waals surface area contributed by atoms with Crippen LogP contribution in [0.4, 0.5) is 10.1 Å². The quantitative estimate of drug-likeness (QED) is 0.899. The summed E-state index contributed by atoms with van der Waals surface area (Å²) in [5, 5.41) is 2.06. The molecule has 1 amide bonds. The van der Waals surface area contributed by atoms with Crippen molar-refractivity contribution in [1.82, 2.24) is 0 Å². The van der Waals surface area contributed by atoms with Gasteiger partial charge in [-0.25, -0.2) is 4.39 Å². The van der Waals surface area contributed by atoms with Gasteiger partial charge in [-0.05, 0) is 35.6 Å². The Morgan fingerprint density at radius 1 is 1.45 bits per heavy atom. The van der Waals surface area contributed by atoms with Crippen molar-refractivity contribution in [3.63, 3.8) is 0 Å². The summed E-state index contributed by atoms with van der Waals surface area (Å²) < 4.78 is 14.6. The third-order valence-electron chi connectivity index (χ3n) is 3.43. The Balaban J connectivity index is 2.05. The zero-order chi connectivity index (χ0) is 14.3. The van der Waals surface area contributed by atoms with Gasteiger partial charge >= 0.3 is 0 Å². The normalized spacial score (nSPS) is 14.2. The molecule has 2 aromatic rings. The highest BCUT2D eigenvalue weighted by atomic mass is 79.9. The van der Waals surface area contributed by atoms with E-state index in [0.717, 1.165) is 13.0 Å². The van der Waals surface area contributed by atoms with Crippen molar-refractivity contribution in [1.29, 1.82) is 0 Å². The lowest BCUT2D eigenvalue weighted by molar-refractivity contribution is 0.0997. The number of rotatable bonds is 2. The van der Waals surface area contributed by atoms with Crippen LogP contribution >= 0.6 is 27.3 Å². The number of carbonyl (C=O) groups excluding carboxylic acids is 1. The molecule has 0 fully saturated rings. The summed E-state index contributed by atoms with van der Waals surface area (Å²) in [4.78, 5) is 14.9. The van der Waals surface area contributed by atoms with Crippen LogP contribution in [0.3, 0.4) is 0 Å². The summed E-state index contributed by atoms with van der Waals surface area (Å²) >= 11 is 5.01. The van der Waals surface area contributed by atoms with Gasteiger partial charge in [0.2, 0.25) is 0 Å². The molecule has 3 nitrogen and oxygen atoms in total. The summed E-state index contributed by atoms with van der Waals surface area (Å²) in [5.74, 6) is -1.32. The fourth-order valence-electron chi connectivity index (χ4n) is 2.51. The molecule has 2 N–H and O–H groups in total. The largest absolute Gasteiger partial charge is 0.366 e. The van der Waals surface area contributed by atoms with Gasteiger partial charge in [0.1, 0.15) is 5.82 Å². The fraction of sp³-hybridized carbons (Fsp3) is 0.214. The molecule has 1 aliphatic heterocycles. The van der Waals surface area contributed by atoms with Gasteiger partial charge in [0.15, 0.2) is 0 Å². The maximum Gasteiger partial charge on any atom is 0.253 e. The fourth-order valence-corrected chi connectivity index (χ4v) is 3.81. The third-order valence-corrected chi connectivity index (χ3v) is 4.91. The van der Waals surface area contributed by atoms with E-state index in [9.17, 15) is 9.18 Å². The highest BCUT2D eigenvalue weighted by Crippen LogP contribution is 2.32. The SMILES string of the molecule is NC(=O)c1c(F)cc(Br)cc1N1CCc2sccc2C1. The molecule has 0 atom stereocenters. The molecule has 6 heteroatoms. The highest BCUT2D eigenvalue weighted by molar-refractivity contribution is 9.10. The van der Waals surface area contributed by atoms with Crippen LogP contribution in [-0.2, 0) is 13.0 Å². The molecule has 1 aromatic carbocycles. The van der Waals surface area contributed by atoms with E-state index in [1.807, 2.05) is 4.90 Å². The first-order chi connectivity index (χ1) is 9.56. The predicted molar refractivity (Wildman–Crippen MR) is 81.7 cm³/mol. The molecule has 3 rings (SSSR count). The first-order valence-electron chi connectivity index (χ1n) is 6.15. The van der Waals surface area contributed by atoms with Crippen LogP contribution in [0.2, 0.25) is 0 Å². The van der Waals surface area contributed by atoms with E-state index in [0.29, 0.717) is 16.7 Å². The minimum Gasteiger partial charge on any atom is -0.366 e. The summed E-state index contributed by atoms with van der Waals surface area (Å²) in [5.41, 5.74) is 7.08. The van der Waals surface area contributed by atoms with Crippen molar-refractivity contribution >= 4 is 38.9 Å². The summed E-state index contributed by atoms with van der Waals surface area (Å²) in [6.45, 7) is 1.43. The first kappa shape index (κ1) is 13.6. The number of nitrogens with zero attached hydrogens (tertiary/aromatic N) is 1. The Labute approximate surface area is 128 Å². The van der Waals surface area contributed by atoms with Gasteiger partial charge in [-0.2, -0.15) is 0 Å². The number of fused-ring (bicyclic) bond motifs is 1. The number of thiophene rings is 1. The number of halogens is 2. The zero-order valence-electron chi connectivity index (χ0n) is 10.5. The average molecular weight is 355 g/mol. The number of hydrogen-bond acceptors (Lipinski definition) is 3. The van der Waals surface area contributed by atoms with Crippen LogP contribution in [0.15, 0.2) is 28.1 Å². The molecule has 0 aliphatic carbocycles. The molecule has 0 spiro atoms. The summed E-state index contributed by atoms with van der Waals surface area (Å²) in [6.07, 6.45) is 0.902. The Bertz CT molecular complexity index is 686. The van der Waals surface area contributed by atoms with Crippen LogP contribution in [0.25, 0.3) is 0 Å². The van der Waals surface area contributed by atoms with Gasteiger partial charge < -0.3 is 10.6 Å². The van der Waals surface area contributed by atoms with Crippen LogP contribution in [0.5, 0.6) is 0 Å². The second-order valence-corrected chi connectivity index (χ2v) is 6.60. The van der Waals surface area contributed by atoms with Crippen LogP contribution in [0.1, 0.15) is 20.8 Å². The molecule has 0 saturated heterocycles. The van der Waals surface area contributed by atoms with E-state index < -0.39 is 11.7 Å². The Morgan fingerprint density at radius 3 is 3.00 bits per heavy atom. The Morgan fingerprint density at radius 2 is 2.25 bits per heavy atom. The monoisotopic (exact) mass is 354 g/mol. The smallest absolute Gasteiger partial charge is 0.253 e. The first-order valence-corrected chi connectivity index (χ1v) is 7.82. The molecular formula is C14H12BrFN2OS. The molecule has 0 unspecified atom stereocenters. The second-order valence-electron chi connectivity index (χ2n) is 4.69. The number of carbonyl (C=O) groups is 1.